The van der Waals surface area contributed by atoms with E-state index in [-0.39, 0.29) is 18.3 Å². The Labute approximate surface area is 220 Å². The van der Waals surface area contributed by atoms with Crippen LogP contribution in [0.15, 0.2) is 85.5 Å². The lowest BCUT2D eigenvalue weighted by molar-refractivity contribution is 0.0986. The van der Waals surface area contributed by atoms with Gasteiger partial charge in [-0.3, -0.25) is 9.69 Å². The van der Waals surface area contributed by atoms with E-state index in [1.165, 1.54) is 11.1 Å². The highest BCUT2D eigenvalue weighted by Crippen LogP contribution is 2.33. The molecular weight excluding hydrogens is 492 g/mol. The molecule has 0 unspecified atom stereocenters. The Hall–Kier alpha value is -3.68. The molecule has 3 aromatic carbocycles. The van der Waals surface area contributed by atoms with Crippen molar-refractivity contribution in [1.82, 2.24) is 14.5 Å². The molecule has 0 aliphatic heterocycles. The van der Waals surface area contributed by atoms with Gasteiger partial charge in [-0.25, -0.2) is 9.97 Å². The van der Waals surface area contributed by atoms with E-state index in [9.17, 15) is 4.79 Å². The van der Waals surface area contributed by atoms with Gasteiger partial charge in [-0.2, -0.15) is 0 Å². The Kier molecular flexibility index (Phi) is 8.03. The third-order valence-corrected chi connectivity index (χ3v) is 6.95. The lowest BCUT2D eigenvalue weighted by atomic mass is 10.1. The van der Waals surface area contributed by atoms with E-state index >= 15 is 0 Å². The Balaban J connectivity index is 0.00000304. The normalized spacial score (nSPS) is 10.7. The summed E-state index contributed by atoms with van der Waals surface area (Å²) in [6.07, 6.45) is 6.27. The van der Waals surface area contributed by atoms with Gasteiger partial charge < -0.3 is 9.30 Å². The molecule has 6 nitrogen and oxygen atoms in total. The number of rotatable bonds is 8. The second-order valence-corrected chi connectivity index (χ2v) is 9.45. The number of para-hydroxylation sites is 1. The second-order valence-electron chi connectivity index (χ2n) is 8.48. The molecule has 0 bridgehead atoms. The van der Waals surface area contributed by atoms with Gasteiger partial charge in [0.15, 0.2) is 5.13 Å². The van der Waals surface area contributed by atoms with Crippen LogP contribution in [0.3, 0.4) is 0 Å². The van der Waals surface area contributed by atoms with Gasteiger partial charge in [0, 0.05) is 31.0 Å². The molecule has 0 aliphatic rings. The lowest BCUT2D eigenvalue weighted by Gasteiger charge is -2.20. The average Bonchev–Trinajstić information content (AvgIpc) is 3.53. The fourth-order valence-corrected chi connectivity index (χ4v) is 5.08. The van der Waals surface area contributed by atoms with Crippen LogP contribution in [0.5, 0.6) is 11.5 Å². The number of fused-ring (bicyclic) bond motifs is 1. The van der Waals surface area contributed by atoms with Gasteiger partial charge in [-0.05, 0) is 73.9 Å². The molecule has 0 spiro atoms. The molecule has 2 aromatic heterocycles. The number of hydrogen-bond acceptors (Lipinski definition) is 5. The summed E-state index contributed by atoms with van der Waals surface area (Å²) in [5.74, 6) is 1.37. The summed E-state index contributed by atoms with van der Waals surface area (Å²) >= 11 is 1.57. The first-order valence-electron chi connectivity index (χ1n) is 11.6. The maximum absolute atomic E-state index is 13.7. The largest absolute Gasteiger partial charge is 0.457 e. The number of ether oxygens (including phenoxy) is 1. The first kappa shape index (κ1) is 25.4. The number of halogens is 1. The topological polar surface area (TPSA) is 60.2 Å². The van der Waals surface area contributed by atoms with Crippen LogP contribution in [-0.2, 0) is 6.54 Å². The quantitative estimate of drug-likeness (QED) is 0.220. The second kappa shape index (κ2) is 11.4. The Bertz CT molecular complexity index is 1430. The molecule has 1 amide bonds. The summed E-state index contributed by atoms with van der Waals surface area (Å²) in [5, 5.41) is 0.717. The fourth-order valence-electron chi connectivity index (χ4n) is 4.04. The number of hydrogen-bond donors (Lipinski definition) is 0. The number of nitrogens with zero attached hydrogens (tertiary/aromatic N) is 4. The van der Waals surface area contributed by atoms with Crippen LogP contribution in [-0.4, -0.2) is 27.0 Å². The molecular formula is C28H27ClN4O2S. The molecule has 0 saturated heterocycles. The number of aryl methyl sites for hydroxylation is 3. The van der Waals surface area contributed by atoms with Crippen molar-refractivity contribution in [2.75, 3.05) is 11.4 Å². The lowest BCUT2D eigenvalue weighted by Crippen LogP contribution is -2.32. The van der Waals surface area contributed by atoms with E-state index in [0.29, 0.717) is 23.0 Å². The smallest absolute Gasteiger partial charge is 0.260 e. The molecule has 0 fully saturated rings. The van der Waals surface area contributed by atoms with Crippen LogP contribution < -0.4 is 9.64 Å². The number of imidazole rings is 1. The molecule has 0 saturated carbocycles. The molecule has 0 aliphatic carbocycles. The van der Waals surface area contributed by atoms with Crippen molar-refractivity contribution >= 4 is 45.0 Å². The maximum atomic E-state index is 13.7. The van der Waals surface area contributed by atoms with Gasteiger partial charge >= 0.3 is 0 Å². The van der Waals surface area contributed by atoms with Crippen LogP contribution in [0.2, 0.25) is 0 Å². The van der Waals surface area contributed by atoms with Gasteiger partial charge in [-0.15, -0.1) is 12.4 Å². The minimum absolute atomic E-state index is 0. The first-order valence-corrected chi connectivity index (χ1v) is 12.4. The highest BCUT2D eigenvalue weighted by Gasteiger charge is 2.22. The minimum atomic E-state index is -0.0738. The van der Waals surface area contributed by atoms with Crippen LogP contribution in [0.1, 0.15) is 27.9 Å². The zero-order chi connectivity index (χ0) is 24.2. The van der Waals surface area contributed by atoms with Crippen LogP contribution in [0.25, 0.3) is 10.2 Å². The van der Waals surface area contributed by atoms with Crippen molar-refractivity contribution < 1.29 is 9.53 Å². The van der Waals surface area contributed by atoms with E-state index in [1.807, 2.05) is 65.4 Å². The standard InChI is InChI=1S/C28H26N4O2S.ClH/c1-20-17-21(2)26-25(18-20)30-28(35-26)32(15-6-14-31-16-13-29-19-31)27(33)22-9-11-24(12-10-22)34-23-7-4-3-5-8-23;/h3-5,7-13,16-19H,6,14-15H2,1-2H3;1H. The molecule has 184 valence electrons. The minimum Gasteiger partial charge on any atom is -0.457 e. The van der Waals surface area contributed by atoms with Crippen molar-refractivity contribution in [3.63, 3.8) is 0 Å². The summed E-state index contributed by atoms with van der Waals surface area (Å²) in [6.45, 7) is 5.49. The van der Waals surface area contributed by atoms with Gasteiger partial charge in [0.25, 0.3) is 5.91 Å². The first-order chi connectivity index (χ1) is 17.1. The predicted molar refractivity (Wildman–Crippen MR) is 148 cm³/mol. The highest BCUT2D eigenvalue weighted by atomic mass is 35.5. The molecule has 2 heterocycles. The van der Waals surface area contributed by atoms with E-state index in [0.717, 1.165) is 28.9 Å². The maximum Gasteiger partial charge on any atom is 0.260 e. The molecule has 0 atom stereocenters. The van der Waals surface area contributed by atoms with Crippen molar-refractivity contribution in [2.24, 2.45) is 0 Å². The predicted octanol–water partition coefficient (Wildman–Crippen LogP) is 7.06. The van der Waals surface area contributed by atoms with Crippen molar-refractivity contribution in [3.8, 4) is 11.5 Å². The van der Waals surface area contributed by atoms with E-state index in [4.69, 9.17) is 9.72 Å². The number of amides is 1. The third kappa shape index (κ3) is 5.75. The molecule has 0 N–H and O–H groups in total. The zero-order valence-corrected chi connectivity index (χ0v) is 21.8. The number of carbonyl (C=O) groups excluding carboxylic acids is 1. The highest BCUT2D eigenvalue weighted by molar-refractivity contribution is 7.22. The summed E-state index contributed by atoms with van der Waals surface area (Å²) in [6, 6.07) is 21.1. The number of carbonyl (C=O) groups is 1. The van der Waals surface area contributed by atoms with E-state index < -0.39 is 0 Å². The molecule has 8 heteroatoms. The summed E-state index contributed by atoms with van der Waals surface area (Å²) < 4.78 is 9.02. The molecule has 5 aromatic rings. The monoisotopic (exact) mass is 518 g/mol. The van der Waals surface area contributed by atoms with E-state index in [1.54, 1.807) is 28.8 Å². The van der Waals surface area contributed by atoms with Crippen LogP contribution >= 0.6 is 23.7 Å². The summed E-state index contributed by atoms with van der Waals surface area (Å²) in [7, 11) is 0. The van der Waals surface area contributed by atoms with Crippen LogP contribution in [0.4, 0.5) is 5.13 Å². The molecule has 5 rings (SSSR count). The average molecular weight is 519 g/mol. The van der Waals surface area contributed by atoms with Gasteiger partial charge in [0.1, 0.15) is 11.5 Å². The number of thiazole rings is 1. The SMILES string of the molecule is Cc1cc(C)c2sc(N(CCCn3ccnc3)C(=O)c3ccc(Oc4ccccc4)cc3)nc2c1.Cl. The Morgan fingerprint density at radius 3 is 2.50 bits per heavy atom. The number of aromatic nitrogens is 3. The van der Waals surface area contributed by atoms with Crippen LogP contribution in [0, 0.1) is 13.8 Å². The zero-order valence-electron chi connectivity index (χ0n) is 20.1. The Morgan fingerprint density at radius 2 is 1.78 bits per heavy atom. The van der Waals surface area contributed by atoms with Crippen molar-refractivity contribution in [1.29, 1.82) is 0 Å². The van der Waals surface area contributed by atoms with Gasteiger partial charge in [0.2, 0.25) is 0 Å². The molecule has 36 heavy (non-hydrogen) atoms. The molecule has 0 radical (unpaired) electrons. The van der Waals surface area contributed by atoms with Gasteiger partial charge in [0.05, 0.1) is 16.5 Å². The van der Waals surface area contributed by atoms with E-state index in [2.05, 4.69) is 31.0 Å². The third-order valence-electron chi connectivity index (χ3n) is 5.72. The fraction of sp³-hybridized carbons (Fsp3) is 0.179. The Morgan fingerprint density at radius 1 is 1.03 bits per heavy atom. The summed E-state index contributed by atoms with van der Waals surface area (Å²) in [4.78, 5) is 24.4. The summed E-state index contributed by atoms with van der Waals surface area (Å²) in [5.41, 5.74) is 3.87. The van der Waals surface area contributed by atoms with Crippen molar-refractivity contribution in [2.45, 2.75) is 26.8 Å². The van der Waals surface area contributed by atoms with Crippen molar-refractivity contribution in [3.05, 3.63) is 102 Å². The van der Waals surface area contributed by atoms with Gasteiger partial charge in [-0.1, -0.05) is 35.6 Å². The number of anilines is 1. The number of benzene rings is 3.